The zero-order valence-corrected chi connectivity index (χ0v) is 15.3. The summed E-state index contributed by atoms with van der Waals surface area (Å²) in [6, 6.07) is 8.64. The molecule has 3 rings (SSSR count). The Hall–Kier alpha value is -2.71. The SMILES string of the molecule is CC(OCC1CCCCO1)C(=O)Nc1ccc(-n2ccc(C(N)=O)n2)cc1. The van der Waals surface area contributed by atoms with Crippen LogP contribution in [0.15, 0.2) is 36.5 Å². The number of hydrogen-bond acceptors (Lipinski definition) is 5. The van der Waals surface area contributed by atoms with E-state index >= 15 is 0 Å². The molecule has 1 fully saturated rings. The fraction of sp³-hybridized carbons (Fsp3) is 0.421. The maximum absolute atomic E-state index is 12.3. The molecule has 3 N–H and O–H groups in total. The first-order chi connectivity index (χ1) is 13.0. The summed E-state index contributed by atoms with van der Waals surface area (Å²) in [5.41, 5.74) is 6.80. The van der Waals surface area contributed by atoms with Gasteiger partial charge in [-0.2, -0.15) is 5.10 Å². The summed E-state index contributed by atoms with van der Waals surface area (Å²) in [5.74, 6) is -0.793. The van der Waals surface area contributed by atoms with Gasteiger partial charge in [0.2, 0.25) is 0 Å². The van der Waals surface area contributed by atoms with Gasteiger partial charge in [-0.3, -0.25) is 9.59 Å². The molecule has 8 heteroatoms. The molecule has 2 aromatic rings. The van der Waals surface area contributed by atoms with Crippen molar-refractivity contribution in [1.29, 1.82) is 0 Å². The highest BCUT2D eigenvalue weighted by Gasteiger charge is 2.19. The van der Waals surface area contributed by atoms with Gasteiger partial charge in [0.15, 0.2) is 0 Å². The molecular formula is C19H24N4O4. The Balaban J connectivity index is 1.52. The van der Waals surface area contributed by atoms with E-state index in [0.717, 1.165) is 31.6 Å². The standard InChI is InChI=1S/C19H24N4O4/c1-13(27-12-16-4-2-3-11-26-16)19(25)21-14-5-7-15(8-6-14)23-10-9-17(22-23)18(20)24/h5-10,13,16H,2-4,11-12H2,1H3,(H2,20,24)(H,21,25). The van der Waals surface area contributed by atoms with Gasteiger partial charge < -0.3 is 20.5 Å². The van der Waals surface area contributed by atoms with Crippen molar-refractivity contribution >= 4 is 17.5 Å². The van der Waals surface area contributed by atoms with E-state index in [4.69, 9.17) is 15.2 Å². The van der Waals surface area contributed by atoms with E-state index in [-0.39, 0.29) is 17.7 Å². The Kier molecular flexibility index (Phi) is 6.20. The fourth-order valence-corrected chi connectivity index (χ4v) is 2.81. The lowest BCUT2D eigenvalue weighted by Crippen LogP contribution is -2.32. The number of rotatable bonds is 7. The van der Waals surface area contributed by atoms with Crippen LogP contribution in [0.25, 0.3) is 5.69 Å². The number of carbonyl (C=O) groups excluding carboxylic acids is 2. The van der Waals surface area contributed by atoms with Gasteiger partial charge in [0.25, 0.3) is 11.8 Å². The van der Waals surface area contributed by atoms with Crippen molar-refractivity contribution in [2.45, 2.75) is 38.4 Å². The number of amides is 2. The molecule has 0 saturated carbocycles. The van der Waals surface area contributed by atoms with Gasteiger partial charge in [-0.25, -0.2) is 4.68 Å². The Morgan fingerprint density at radius 2 is 2.11 bits per heavy atom. The third kappa shape index (κ3) is 5.15. The summed E-state index contributed by atoms with van der Waals surface area (Å²) in [7, 11) is 0. The number of nitrogens with two attached hydrogens (primary N) is 1. The first-order valence-corrected chi connectivity index (χ1v) is 9.03. The van der Waals surface area contributed by atoms with Crippen molar-refractivity contribution in [3.63, 3.8) is 0 Å². The van der Waals surface area contributed by atoms with Crippen LogP contribution in [0.3, 0.4) is 0 Å². The molecule has 144 valence electrons. The number of hydrogen-bond donors (Lipinski definition) is 2. The van der Waals surface area contributed by atoms with Crippen molar-refractivity contribution in [2.24, 2.45) is 5.73 Å². The maximum atomic E-state index is 12.3. The molecule has 27 heavy (non-hydrogen) atoms. The molecule has 8 nitrogen and oxygen atoms in total. The molecule has 2 heterocycles. The first-order valence-electron chi connectivity index (χ1n) is 9.03. The van der Waals surface area contributed by atoms with Crippen LogP contribution in [0, 0.1) is 0 Å². The quantitative estimate of drug-likeness (QED) is 0.771. The van der Waals surface area contributed by atoms with E-state index in [1.165, 1.54) is 0 Å². The normalized spacial score (nSPS) is 18.0. The Labute approximate surface area is 157 Å². The first kappa shape index (κ1) is 19.1. The lowest BCUT2D eigenvalue weighted by atomic mass is 10.1. The summed E-state index contributed by atoms with van der Waals surface area (Å²) in [6.45, 7) is 2.91. The number of aromatic nitrogens is 2. The van der Waals surface area contributed by atoms with Crippen molar-refractivity contribution in [3.8, 4) is 5.69 Å². The van der Waals surface area contributed by atoms with Gasteiger partial charge in [-0.1, -0.05) is 0 Å². The summed E-state index contributed by atoms with van der Waals surface area (Å²) < 4.78 is 12.8. The molecule has 2 atom stereocenters. The number of benzene rings is 1. The van der Waals surface area contributed by atoms with Gasteiger partial charge in [0, 0.05) is 18.5 Å². The third-order valence-corrected chi connectivity index (χ3v) is 4.42. The summed E-state index contributed by atoms with van der Waals surface area (Å²) in [4.78, 5) is 23.4. The number of primary amides is 1. The van der Waals surface area contributed by atoms with Gasteiger partial charge >= 0.3 is 0 Å². The number of nitrogens with one attached hydrogen (secondary N) is 1. The zero-order chi connectivity index (χ0) is 19.2. The third-order valence-electron chi connectivity index (χ3n) is 4.42. The molecule has 0 spiro atoms. The van der Waals surface area contributed by atoms with Crippen molar-refractivity contribution < 1.29 is 19.1 Å². The van der Waals surface area contributed by atoms with E-state index in [0.29, 0.717) is 12.3 Å². The molecule has 0 aliphatic carbocycles. The average molecular weight is 372 g/mol. The van der Waals surface area contributed by atoms with E-state index in [1.807, 2.05) is 0 Å². The van der Waals surface area contributed by atoms with Crippen LogP contribution in [-0.4, -0.2) is 47.0 Å². The van der Waals surface area contributed by atoms with Crippen LogP contribution < -0.4 is 11.1 Å². The summed E-state index contributed by atoms with van der Waals surface area (Å²) >= 11 is 0. The highest BCUT2D eigenvalue weighted by atomic mass is 16.5. The van der Waals surface area contributed by atoms with Gasteiger partial charge in [0.05, 0.1) is 18.4 Å². The maximum Gasteiger partial charge on any atom is 0.269 e. The molecule has 1 aliphatic heterocycles. The second kappa shape index (κ2) is 8.79. The van der Waals surface area contributed by atoms with Crippen LogP contribution in [-0.2, 0) is 14.3 Å². The smallest absolute Gasteiger partial charge is 0.269 e. The monoisotopic (exact) mass is 372 g/mol. The van der Waals surface area contributed by atoms with Crippen LogP contribution in [0.4, 0.5) is 5.69 Å². The number of ether oxygens (including phenoxy) is 2. The van der Waals surface area contributed by atoms with Crippen molar-refractivity contribution in [3.05, 3.63) is 42.2 Å². The van der Waals surface area contributed by atoms with Gasteiger partial charge in [-0.15, -0.1) is 0 Å². The van der Waals surface area contributed by atoms with E-state index < -0.39 is 12.0 Å². The van der Waals surface area contributed by atoms with Gasteiger partial charge in [0.1, 0.15) is 11.8 Å². The van der Waals surface area contributed by atoms with Crippen LogP contribution >= 0.6 is 0 Å². The number of nitrogens with zero attached hydrogens (tertiary/aromatic N) is 2. The lowest BCUT2D eigenvalue weighted by Gasteiger charge is -2.23. The number of anilines is 1. The van der Waals surface area contributed by atoms with Crippen LogP contribution in [0.1, 0.15) is 36.7 Å². The van der Waals surface area contributed by atoms with E-state index in [9.17, 15) is 9.59 Å². The second-order valence-corrected chi connectivity index (χ2v) is 6.51. The Bertz CT molecular complexity index is 781. The molecule has 2 unspecified atom stereocenters. The minimum atomic E-state index is -0.578. The predicted molar refractivity (Wildman–Crippen MR) is 99.7 cm³/mol. The molecule has 2 amide bonds. The fourth-order valence-electron chi connectivity index (χ4n) is 2.81. The van der Waals surface area contributed by atoms with E-state index in [1.54, 1.807) is 48.1 Å². The molecule has 0 radical (unpaired) electrons. The van der Waals surface area contributed by atoms with Crippen LogP contribution in [0.2, 0.25) is 0 Å². The summed E-state index contributed by atoms with van der Waals surface area (Å²) in [5, 5.41) is 6.91. The highest BCUT2D eigenvalue weighted by Crippen LogP contribution is 2.15. The van der Waals surface area contributed by atoms with Gasteiger partial charge in [-0.05, 0) is 56.5 Å². The second-order valence-electron chi connectivity index (χ2n) is 6.51. The largest absolute Gasteiger partial charge is 0.376 e. The van der Waals surface area contributed by atoms with Crippen molar-refractivity contribution in [2.75, 3.05) is 18.5 Å². The predicted octanol–water partition coefficient (Wildman–Crippen LogP) is 1.88. The minimum absolute atomic E-state index is 0.0765. The Morgan fingerprint density at radius 3 is 2.74 bits per heavy atom. The number of carbonyl (C=O) groups is 2. The molecule has 0 bridgehead atoms. The minimum Gasteiger partial charge on any atom is -0.376 e. The molecular weight excluding hydrogens is 348 g/mol. The van der Waals surface area contributed by atoms with Crippen LogP contribution in [0.5, 0.6) is 0 Å². The average Bonchev–Trinajstić information content (AvgIpc) is 3.18. The Morgan fingerprint density at radius 1 is 1.33 bits per heavy atom. The topological polar surface area (TPSA) is 108 Å². The zero-order valence-electron chi connectivity index (χ0n) is 15.3. The van der Waals surface area contributed by atoms with Crippen molar-refractivity contribution in [1.82, 2.24) is 9.78 Å². The molecule has 1 aromatic heterocycles. The summed E-state index contributed by atoms with van der Waals surface area (Å²) in [6.07, 6.45) is 4.35. The highest BCUT2D eigenvalue weighted by molar-refractivity contribution is 5.94. The molecule has 1 saturated heterocycles. The lowest BCUT2D eigenvalue weighted by molar-refractivity contribution is -0.130. The molecule has 1 aromatic carbocycles. The molecule has 1 aliphatic rings. The van der Waals surface area contributed by atoms with E-state index in [2.05, 4.69) is 10.4 Å².